The van der Waals surface area contributed by atoms with Gasteiger partial charge in [0.1, 0.15) is 0 Å². The van der Waals surface area contributed by atoms with Gasteiger partial charge in [-0.05, 0) is 85.0 Å². The maximum Gasteiger partial charge on any atom is 0.155 e. The SMILES string of the molecule is C=C[C@H]1CC2=CC(=O)CC[C@@H]2[C@H]2CC[C@@]3(C)[C@@H]([C@@H]4C[C@@H]4[C@@H]3C#N)[C@@H]21. The van der Waals surface area contributed by atoms with Crippen LogP contribution in [0.15, 0.2) is 24.3 Å². The molecule has 0 spiro atoms. The van der Waals surface area contributed by atoms with Crippen molar-refractivity contribution in [3.8, 4) is 6.07 Å². The van der Waals surface area contributed by atoms with Crippen LogP contribution in [0.3, 0.4) is 0 Å². The van der Waals surface area contributed by atoms with Crippen LogP contribution in [0.5, 0.6) is 0 Å². The van der Waals surface area contributed by atoms with Gasteiger partial charge in [-0.1, -0.05) is 18.6 Å². The number of hydrogen-bond donors (Lipinski definition) is 0. The molecular weight excluding hydrogens is 294 g/mol. The molecule has 0 amide bonds. The first-order valence-corrected chi connectivity index (χ1v) is 9.84. The Morgan fingerprint density at radius 3 is 2.92 bits per heavy atom. The highest BCUT2D eigenvalue weighted by atomic mass is 16.1. The average molecular weight is 321 g/mol. The van der Waals surface area contributed by atoms with Crippen LogP contribution in [-0.2, 0) is 4.79 Å². The van der Waals surface area contributed by atoms with Crippen molar-refractivity contribution in [3.63, 3.8) is 0 Å². The lowest BCUT2D eigenvalue weighted by Gasteiger charge is -2.56. The number of nitrogens with zero attached hydrogens (tertiary/aromatic N) is 1. The molecule has 0 aromatic carbocycles. The van der Waals surface area contributed by atoms with Crippen molar-refractivity contribution in [2.24, 2.45) is 52.8 Å². The highest BCUT2D eigenvalue weighted by Gasteiger charge is 2.70. The third-order valence-corrected chi connectivity index (χ3v) is 8.63. The summed E-state index contributed by atoms with van der Waals surface area (Å²) < 4.78 is 0. The number of rotatable bonds is 1. The van der Waals surface area contributed by atoms with Crippen LogP contribution < -0.4 is 0 Å². The molecule has 5 aliphatic carbocycles. The van der Waals surface area contributed by atoms with E-state index in [1.165, 1.54) is 24.8 Å². The maximum atomic E-state index is 11.9. The summed E-state index contributed by atoms with van der Waals surface area (Å²) in [5.41, 5.74) is 1.65. The van der Waals surface area contributed by atoms with Crippen molar-refractivity contribution < 1.29 is 4.79 Å². The minimum Gasteiger partial charge on any atom is -0.295 e. The third-order valence-electron chi connectivity index (χ3n) is 8.63. The molecule has 5 rings (SSSR count). The highest BCUT2D eigenvalue weighted by Crippen LogP contribution is 2.74. The summed E-state index contributed by atoms with van der Waals surface area (Å²) in [5.74, 6) is 5.36. The lowest BCUT2D eigenvalue weighted by atomic mass is 9.47. The third kappa shape index (κ3) is 1.74. The van der Waals surface area contributed by atoms with E-state index in [0.717, 1.165) is 31.1 Å². The van der Waals surface area contributed by atoms with Crippen molar-refractivity contribution in [1.82, 2.24) is 0 Å². The fraction of sp³-hybridized carbons (Fsp3) is 0.727. The summed E-state index contributed by atoms with van der Waals surface area (Å²) >= 11 is 0. The first-order chi connectivity index (χ1) is 11.6. The van der Waals surface area contributed by atoms with Gasteiger partial charge in [-0.25, -0.2) is 0 Å². The molecule has 2 nitrogen and oxygen atoms in total. The van der Waals surface area contributed by atoms with Crippen molar-refractivity contribution >= 4 is 5.78 Å². The Morgan fingerprint density at radius 2 is 2.17 bits per heavy atom. The topological polar surface area (TPSA) is 40.9 Å². The maximum absolute atomic E-state index is 11.9. The van der Waals surface area contributed by atoms with E-state index in [9.17, 15) is 10.1 Å². The van der Waals surface area contributed by atoms with Crippen LogP contribution in [0.4, 0.5) is 0 Å². The molecule has 126 valence electrons. The Bertz CT molecular complexity index is 685. The van der Waals surface area contributed by atoms with Gasteiger partial charge in [0.15, 0.2) is 5.78 Å². The molecule has 2 heteroatoms. The minimum atomic E-state index is 0.233. The number of fused-ring (bicyclic) bond motifs is 7. The minimum absolute atomic E-state index is 0.233. The van der Waals surface area contributed by atoms with Crippen LogP contribution >= 0.6 is 0 Å². The van der Waals surface area contributed by atoms with E-state index in [0.29, 0.717) is 35.4 Å². The van der Waals surface area contributed by atoms with Crippen molar-refractivity contribution in [2.45, 2.75) is 45.4 Å². The van der Waals surface area contributed by atoms with E-state index in [1.807, 2.05) is 6.08 Å². The summed E-state index contributed by atoms with van der Waals surface area (Å²) in [6.07, 6.45) is 10.7. The van der Waals surface area contributed by atoms with Gasteiger partial charge >= 0.3 is 0 Å². The number of carbonyl (C=O) groups excluding carboxylic acids is 1. The van der Waals surface area contributed by atoms with Gasteiger partial charge in [-0.2, -0.15) is 5.26 Å². The van der Waals surface area contributed by atoms with E-state index in [2.05, 4.69) is 25.6 Å². The second kappa shape index (κ2) is 4.84. The van der Waals surface area contributed by atoms with Gasteiger partial charge in [0, 0.05) is 6.42 Å². The number of carbonyl (C=O) groups is 1. The molecule has 0 heterocycles. The molecule has 0 N–H and O–H groups in total. The molecular formula is C22H27NO. The number of ketones is 1. The fourth-order valence-corrected chi connectivity index (χ4v) is 7.71. The summed E-state index contributed by atoms with van der Waals surface area (Å²) in [6, 6.07) is 2.70. The zero-order chi connectivity index (χ0) is 16.6. The van der Waals surface area contributed by atoms with Crippen LogP contribution in [0.1, 0.15) is 45.4 Å². The Balaban J connectivity index is 1.56. The van der Waals surface area contributed by atoms with Gasteiger partial charge in [-0.3, -0.25) is 4.79 Å². The average Bonchev–Trinajstić information content (AvgIpc) is 3.28. The lowest BCUT2D eigenvalue weighted by molar-refractivity contribution is -0.116. The molecule has 4 fully saturated rings. The summed E-state index contributed by atoms with van der Waals surface area (Å²) in [6.45, 7) is 6.59. The Hall–Kier alpha value is -1.36. The monoisotopic (exact) mass is 321 g/mol. The van der Waals surface area contributed by atoms with E-state index < -0.39 is 0 Å². The normalized spacial score (nSPS) is 54.5. The predicted molar refractivity (Wildman–Crippen MR) is 92.6 cm³/mol. The first-order valence-electron chi connectivity index (χ1n) is 9.84. The molecule has 0 aromatic rings. The second-order valence-corrected chi connectivity index (χ2v) is 9.42. The Labute approximate surface area is 145 Å². The second-order valence-electron chi connectivity index (χ2n) is 9.42. The molecule has 0 aromatic heterocycles. The number of nitriles is 1. The molecule has 24 heavy (non-hydrogen) atoms. The van der Waals surface area contributed by atoms with Crippen LogP contribution in [0, 0.1) is 64.1 Å². The smallest absolute Gasteiger partial charge is 0.155 e. The number of hydrogen-bond acceptors (Lipinski definition) is 2. The molecule has 0 saturated heterocycles. The predicted octanol–water partition coefficient (Wildman–Crippen LogP) is 4.54. The summed E-state index contributed by atoms with van der Waals surface area (Å²) in [5, 5.41) is 9.79. The highest BCUT2D eigenvalue weighted by molar-refractivity contribution is 5.91. The van der Waals surface area contributed by atoms with Gasteiger partial charge in [-0.15, -0.1) is 6.58 Å². The molecule has 4 saturated carbocycles. The van der Waals surface area contributed by atoms with E-state index in [4.69, 9.17) is 0 Å². The van der Waals surface area contributed by atoms with E-state index >= 15 is 0 Å². The largest absolute Gasteiger partial charge is 0.295 e. The van der Waals surface area contributed by atoms with Gasteiger partial charge in [0.2, 0.25) is 0 Å². The van der Waals surface area contributed by atoms with Crippen LogP contribution in [-0.4, -0.2) is 5.78 Å². The van der Waals surface area contributed by atoms with Crippen molar-refractivity contribution in [3.05, 3.63) is 24.3 Å². The molecule has 0 bridgehead atoms. The number of allylic oxidation sites excluding steroid dienone is 2. The van der Waals surface area contributed by atoms with Gasteiger partial charge in [0.05, 0.1) is 12.0 Å². The van der Waals surface area contributed by atoms with Gasteiger partial charge in [0.25, 0.3) is 0 Å². The van der Waals surface area contributed by atoms with E-state index in [-0.39, 0.29) is 11.3 Å². The van der Waals surface area contributed by atoms with Crippen LogP contribution in [0.25, 0.3) is 0 Å². The first kappa shape index (κ1) is 14.9. The molecule has 0 unspecified atom stereocenters. The van der Waals surface area contributed by atoms with Crippen molar-refractivity contribution in [2.75, 3.05) is 0 Å². The molecule has 9 atom stereocenters. The van der Waals surface area contributed by atoms with Crippen molar-refractivity contribution in [1.29, 1.82) is 5.26 Å². The Morgan fingerprint density at radius 1 is 1.33 bits per heavy atom. The van der Waals surface area contributed by atoms with Crippen LogP contribution in [0.2, 0.25) is 0 Å². The Kier molecular flexibility index (Phi) is 3.01. The zero-order valence-corrected chi connectivity index (χ0v) is 14.6. The quantitative estimate of drug-likeness (QED) is 0.665. The fourth-order valence-electron chi connectivity index (χ4n) is 7.71. The lowest BCUT2D eigenvalue weighted by Crippen LogP contribution is -2.50. The molecule has 0 aliphatic heterocycles. The standard InChI is InChI=1S/C22H27NO/c1-3-12-8-13-9-14(24)4-5-15(13)16-6-7-22(2)19(11-23)17-10-18(17)21(22)20(12)16/h3,9,12,15-21H,1,4-8,10H2,2H3/t12-,15-,16+,17-,18+,19-,20+,21-,22+/m0/s1. The molecule has 5 aliphatic rings. The summed E-state index contributed by atoms with van der Waals surface area (Å²) in [4.78, 5) is 11.9. The van der Waals surface area contributed by atoms with E-state index in [1.54, 1.807) is 0 Å². The summed E-state index contributed by atoms with van der Waals surface area (Å²) in [7, 11) is 0. The molecule has 0 radical (unpaired) electrons. The zero-order valence-electron chi connectivity index (χ0n) is 14.6. The van der Waals surface area contributed by atoms with Gasteiger partial charge < -0.3 is 0 Å².